The molecule has 2 fully saturated rings. The molecule has 2 aliphatic carbocycles. The van der Waals surface area contributed by atoms with Gasteiger partial charge in [0.15, 0.2) is 0 Å². The Balaban J connectivity index is 2.16. The first-order valence-corrected chi connectivity index (χ1v) is 12.2. The fourth-order valence-electron chi connectivity index (χ4n) is 6.13. The monoisotopic (exact) mass is 460 g/mol. The summed E-state index contributed by atoms with van der Waals surface area (Å²) < 4.78 is 23.6. The van der Waals surface area contributed by atoms with E-state index in [9.17, 15) is 9.59 Å². The smallest absolute Gasteiger partial charge is 0.337 e. The second kappa shape index (κ2) is 10.1. The minimum atomic E-state index is -0.954. The lowest BCUT2D eigenvalue weighted by molar-refractivity contribution is -0.228. The number of esters is 2. The van der Waals surface area contributed by atoms with Crippen LogP contribution in [0.5, 0.6) is 0 Å². The van der Waals surface area contributed by atoms with Crippen molar-refractivity contribution < 1.29 is 28.5 Å². The molecule has 0 amide bonds. The molecule has 0 N–H and O–H groups in total. The molecule has 6 nitrogen and oxygen atoms in total. The Morgan fingerprint density at radius 2 is 2.09 bits per heavy atom. The van der Waals surface area contributed by atoms with Crippen LogP contribution in [0.2, 0.25) is 0 Å². The number of allylic oxidation sites excluding steroid dienone is 3. The van der Waals surface area contributed by atoms with Crippen LogP contribution >= 0.6 is 0 Å². The van der Waals surface area contributed by atoms with E-state index in [-0.39, 0.29) is 29.5 Å². The maximum atomic E-state index is 13.1. The first-order valence-electron chi connectivity index (χ1n) is 12.2. The summed E-state index contributed by atoms with van der Waals surface area (Å²) in [7, 11) is 1.67. The van der Waals surface area contributed by atoms with Gasteiger partial charge in [-0.05, 0) is 55.9 Å². The average Bonchev–Trinajstić information content (AvgIpc) is 3.04. The van der Waals surface area contributed by atoms with Gasteiger partial charge in [-0.15, -0.1) is 0 Å². The minimum absolute atomic E-state index is 0.000593. The molecule has 1 spiro atoms. The zero-order valence-electron chi connectivity index (χ0n) is 21.0. The third kappa shape index (κ3) is 4.57. The molecule has 6 heteroatoms. The number of methoxy groups -OCH3 is 1. The van der Waals surface area contributed by atoms with Crippen molar-refractivity contribution in [1.82, 2.24) is 0 Å². The van der Waals surface area contributed by atoms with Crippen LogP contribution in [0.25, 0.3) is 0 Å². The summed E-state index contributed by atoms with van der Waals surface area (Å²) in [5.74, 6) is -0.665. The maximum absolute atomic E-state index is 13.1. The normalized spacial score (nSPS) is 38.1. The molecule has 0 aromatic carbocycles. The Kier molecular flexibility index (Phi) is 7.90. The average molecular weight is 461 g/mol. The van der Waals surface area contributed by atoms with E-state index >= 15 is 0 Å². The van der Waals surface area contributed by atoms with E-state index in [1.54, 1.807) is 7.11 Å². The van der Waals surface area contributed by atoms with Gasteiger partial charge in [-0.2, -0.15) is 0 Å². The summed E-state index contributed by atoms with van der Waals surface area (Å²) in [6.45, 7) is 14.6. The number of carbonyl (C=O) groups is 2. The second-order valence-electron chi connectivity index (χ2n) is 10.1. The topological polar surface area (TPSA) is 71.1 Å². The molecule has 0 radical (unpaired) electrons. The highest BCUT2D eigenvalue weighted by Gasteiger charge is 2.69. The predicted molar refractivity (Wildman–Crippen MR) is 126 cm³/mol. The van der Waals surface area contributed by atoms with E-state index in [0.29, 0.717) is 18.6 Å². The van der Waals surface area contributed by atoms with Crippen LogP contribution in [0.4, 0.5) is 0 Å². The van der Waals surface area contributed by atoms with E-state index in [2.05, 4.69) is 33.4 Å². The van der Waals surface area contributed by atoms with Crippen molar-refractivity contribution in [3.63, 3.8) is 0 Å². The first kappa shape index (κ1) is 25.7. The lowest BCUT2D eigenvalue weighted by Crippen LogP contribution is -2.61. The molecule has 33 heavy (non-hydrogen) atoms. The number of hydrogen-bond acceptors (Lipinski definition) is 6. The summed E-state index contributed by atoms with van der Waals surface area (Å²) in [6, 6.07) is 0. The van der Waals surface area contributed by atoms with Gasteiger partial charge < -0.3 is 18.9 Å². The number of cyclic esters (lactones) is 1. The molecule has 0 bridgehead atoms. The van der Waals surface area contributed by atoms with Gasteiger partial charge in [0, 0.05) is 26.2 Å². The van der Waals surface area contributed by atoms with Crippen molar-refractivity contribution in [3.8, 4) is 0 Å². The SMILES string of the molecule is C=C/C(C)=C\C[C@]1(C)[C@H](C)[C@@H](OCCCC)CC23C(=C[C@H](OC)C[C@H]21)C(=O)O[C@H]3OC(C)=O. The molecule has 0 aromatic heterocycles. The van der Waals surface area contributed by atoms with Crippen molar-refractivity contribution in [1.29, 1.82) is 0 Å². The van der Waals surface area contributed by atoms with Crippen LogP contribution in [0, 0.1) is 22.7 Å². The fourth-order valence-corrected chi connectivity index (χ4v) is 6.13. The van der Waals surface area contributed by atoms with Crippen LogP contribution in [0.3, 0.4) is 0 Å². The van der Waals surface area contributed by atoms with Crippen molar-refractivity contribution in [3.05, 3.63) is 36.0 Å². The number of hydrogen-bond donors (Lipinski definition) is 0. The third-order valence-electron chi connectivity index (χ3n) is 8.32. The van der Waals surface area contributed by atoms with E-state index in [0.717, 1.165) is 31.3 Å². The zero-order chi connectivity index (χ0) is 24.4. The summed E-state index contributed by atoms with van der Waals surface area (Å²) >= 11 is 0. The van der Waals surface area contributed by atoms with Gasteiger partial charge in [0.25, 0.3) is 6.29 Å². The molecule has 3 rings (SSSR count). The van der Waals surface area contributed by atoms with Crippen LogP contribution < -0.4 is 0 Å². The Bertz CT molecular complexity index is 828. The van der Waals surface area contributed by atoms with Crippen molar-refractivity contribution >= 4 is 11.9 Å². The third-order valence-corrected chi connectivity index (χ3v) is 8.32. The number of carbonyl (C=O) groups excluding carboxylic acids is 2. The van der Waals surface area contributed by atoms with E-state index in [1.165, 1.54) is 6.92 Å². The summed E-state index contributed by atoms with van der Waals surface area (Å²) in [4.78, 5) is 25.1. The number of rotatable bonds is 9. The Labute approximate surface area is 198 Å². The molecule has 1 saturated heterocycles. The highest BCUT2D eigenvalue weighted by atomic mass is 16.7. The molecular formula is C27H40O6. The Morgan fingerprint density at radius 1 is 1.36 bits per heavy atom. The standard InChI is InChI=1S/C27H40O6/c1-8-10-13-31-22-16-27-21(24(29)33-25(27)32-19(5)28)14-20(30-7)15-23(27)26(6,18(22)4)12-11-17(3)9-2/h9,11,14,18,20,22-23,25H,2,8,10,12-13,15-16H2,1,3-7H3/b17-11-/t18-,20+,22+,23+,25-,26-,27?/m1/s1. The molecule has 1 unspecified atom stereocenters. The lowest BCUT2D eigenvalue weighted by atomic mass is 9.45. The molecular weight excluding hydrogens is 420 g/mol. The zero-order valence-corrected chi connectivity index (χ0v) is 21.0. The molecule has 1 aliphatic heterocycles. The van der Waals surface area contributed by atoms with Crippen LogP contribution in [0.15, 0.2) is 36.0 Å². The highest BCUT2D eigenvalue weighted by Crippen LogP contribution is 2.66. The molecule has 0 aromatic rings. The van der Waals surface area contributed by atoms with Gasteiger partial charge in [0.2, 0.25) is 0 Å². The van der Waals surface area contributed by atoms with Gasteiger partial charge >= 0.3 is 11.9 Å². The lowest BCUT2D eigenvalue weighted by Gasteiger charge is -2.60. The van der Waals surface area contributed by atoms with E-state index in [4.69, 9.17) is 18.9 Å². The largest absolute Gasteiger partial charge is 0.424 e. The molecule has 1 saturated carbocycles. The second-order valence-corrected chi connectivity index (χ2v) is 10.1. The quantitative estimate of drug-likeness (QED) is 0.270. The van der Waals surface area contributed by atoms with Crippen LogP contribution in [-0.2, 0) is 28.5 Å². The molecule has 184 valence electrons. The van der Waals surface area contributed by atoms with Crippen molar-refractivity contribution in [2.45, 2.75) is 85.2 Å². The van der Waals surface area contributed by atoms with Crippen molar-refractivity contribution in [2.24, 2.45) is 22.7 Å². The van der Waals surface area contributed by atoms with Gasteiger partial charge in [-0.25, -0.2) is 4.79 Å². The van der Waals surface area contributed by atoms with Gasteiger partial charge in [0.1, 0.15) is 0 Å². The molecule has 3 aliphatic rings. The highest BCUT2D eigenvalue weighted by molar-refractivity contribution is 5.93. The fraction of sp³-hybridized carbons (Fsp3) is 0.704. The van der Waals surface area contributed by atoms with Gasteiger partial charge in [-0.3, -0.25) is 4.79 Å². The summed E-state index contributed by atoms with van der Waals surface area (Å²) in [6.07, 6.45) is 8.82. The summed E-state index contributed by atoms with van der Waals surface area (Å²) in [5, 5.41) is 0. The number of unbranched alkanes of at least 4 members (excludes halogenated alkanes) is 1. The van der Waals surface area contributed by atoms with Crippen LogP contribution in [0.1, 0.15) is 66.7 Å². The van der Waals surface area contributed by atoms with E-state index < -0.39 is 23.6 Å². The number of ether oxygens (including phenoxy) is 4. The first-order chi connectivity index (χ1) is 15.6. The minimum Gasteiger partial charge on any atom is -0.424 e. The van der Waals surface area contributed by atoms with E-state index in [1.807, 2.05) is 19.1 Å². The van der Waals surface area contributed by atoms with Crippen LogP contribution in [-0.4, -0.2) is 44.2 Å². The van der Waals surface area contributed by atoms with Crippen molar-refractivity contribution in [2.75, 3.05) is 13.7 Å². The predicted octanol–water partition coefficient (Wildman–Crippen LogP) is 5.13. The molecule has 7 atom stereocenters. The van der Waals surface area contributed by atoms with Gasteiger partial charge in [0.05, 0.1) is 17.6 Å². The van der Waals surface area contributed by atoms with Gasteiger partial charge in [-0.1, -0.05) is 51.5 Å². The Hall–Kier alpha value is -1.92. The maximum Gasteiger partial charge on any atom is 0.337 e. The Morgan fingerprint density at radius 3 is 2.70 bits per heavy atom. The summed E-state index contributed by atoms with van der Waals surface area (Å²) in [5.41, 5.74) is 0.675. The molecule has 1 heterocycles.